The number of aromatic nitrogens is 2. The first-order valence-corrected chi connectivity index (χ1v) is 17.0. The minimum atomic E-state index is -0.499. The molecule has 0 saturated carbocycles. The van der Waals surface area contributed by atoms with Crippen LogP contribution in [-0.2, 0) is 24.1 Å². The number of piperazine rings is 1. The lowest BCUT2D eigenvalue weighted by atomic mass is 9.82. The molecule has 5 aliphatic rings. The fourth-order valence-corrected chi connectivity index (χ4v) is 8.37. The average molecular weight is 603 g/mol. The molecule has 0 N–H and O–H groups in total. The molecule has 9 heteroatoms. The van der Waals surface area contributed by atoms with Crippen LogP contribution in [0.3, 0.4) is 0 Å². The number of aryl methyl sites for hydroxylation is 1. The predicted molar refractivity (Wildman–Crippen MR) is 173 cm³/mol. The largest absolute Gasteiger partial charge is 0.462 e. The first-order valence-electron chi connectivity index (χ1n) is 17.0. The van der Waals surface area contributed by atoms with Crippen LogP contribution in [0.15, 0.2) is 18.2 Å². The molecule has 44 heavy (non-hydrogen) atoms. The normalized spacial score (nSPS) is 26.9. The molecule has 1 aromatic carbocycles. The van der Waals surface area contributed by atoms with Crippen LogP contribution in [0, 0.1) is 0 Å². The zero-order valence-electron chi connectivity index (χ0n) is 27.3. The van der Waals surface area contributed by atoms with Crippen molar-refractivity contribution in [1.29, 1.82) is 0 Å². The van der Waals surface area contributed by atoms with Crippen LogP contribution in [-0.4, -0.2) is 89.4 Å². The van der Waals surface area contributed by atoms with E-state index >= 15 is 0 Å². The van der Waals surface area contributed by atoms with Gasteiger partial charge in [0.05, 0.1) is 24.3 Å². The first kappa shape index (κ1) is 29.6. The number of ether oxygens (including phenoxy) is 2. The molecule has 238 valence electrons. The molecule has 1 aromatic heterocycles. The SMILES string of the molecule is CC1CCCc2cccc(N3CCc4c(nc(OC[C@@H]5CCCN5C)nc4N4C[C@H]5CC[C@@H](C4)N5C(=O)OC(C)(C)C)C3)c21. The minimum Gasteiger partial charge on any atom is -0.462 e. The van der Waals surface area contributed by atoms with Crippen molar-refractivity contribution in [2.45, 2.75) is 115 Å². The van der Waals surface area contributed by atoms with Crippen LogP contribution in [0.2, 0.25) is 0 Å². The average Bonchev–Trinajstić information content (AvgIpc) is 3.52. The molecule has 2 aromatic rings. The third-order valence-corrected chi connectivity index (χ3v) is 10.6. The van der Waals surface area contributed by atoms with Crippen LogP contribution in [0.1, 0.15) is 94.5 Å². The molecule has 0 spiro atoms. The van der Waals surface area contributed by atoms with Crippen LogP contribution in [0.5, 0.6) is 6.01 Å². The van der Waals surface area contributed by atoms with E-state index in [0.717, 1.165) is 69.9 Å². The Labute approximate surface area is 262 Å². The maximum Gasteiger partial charge on any atom is 0.410 e. The highest BCUT2D eigenvalue weighted by Crippen LogP contribution is 2.41. The molecule has 1 aliphatic carbocycles. The number of fused-ring (bicyclic) bond motifs is 4. The lowest BCUT2D eigenvalue weighted by Crippen LogP contribution is -2.57. The molecule has 5 heterocycles. The van der Waals surface area contributed by atoms with Crippen LogP contribution >= 0.6 is 0 Å². The van der Waals surface area contributed by atoms with E-state index in [1.807, 2.05) is 25.7 Å². The number of carbonyl (C=O) groups is 1. The molecule has 1 amide bonds. The topological polar surface area (TPSA) is 74.3 Å². The van der Waals surface area contributed by atoms with Crippen molar-refractivity contribution in [3.8, 4) is 6.01 Å². The summed E-state index contributed by atoms with van der Waals surface area (Å²) in [5.41, 5.74) is 6.25. The second kappa shape index (κ2) is 11.7. The van der Waals surface area contributed by atoms with Gasteiger partial charge in [0.15, 0.2) is 0 Å². The number of anilines is 2. The van der Waals surface area contributed by atoms with E-state index in [1.165, 1.54) is 48.1 Å². The molecule has 3 saturated heterocycles. The third-order valence-electron chi connectivity index (χ3n) is 10.6. The number of hydrogen-bond donors (Lipinski definition) is 0. The Balaban J connectivity index is 1.18. The minimum absolute atomic E-state index is 0.128. The van der Waals surface area contributed by atoms with E-state index in [2.05, 4.69) is 46.9 Å². The smallest absolute Gasteiger partial charge is 0.410 e. The first-order chi connectivity index (χ1) is 21.1. The summed E-state index contributed by atoms with van der Waals surface area (Å²) in [6.07, 6.45) is 8.77. The summed E-state index contributed by atoms with van der Waals surface area (Å²) in [5, 5.41) is 0. The Morgan fingerprint density at radius 3 is 2.50 bits per heavy atom. The zero-order valence-corrected chi connectivity index (χ0v) is 27.3. The summed E-state index contributed by atoms with van der Waals surface area (Å²) in [7, 11) is 2.18. The van der Waals surface area contributed by atoms with Crippen molar-refractivity contribution in [1.82, 2.24) is 19.8 Å². The van der Waals surface area contributed by atoms with E-state index in [-0.39, 0.29) is 18.2 Å². The summed E-state index contributed by atoms with van der Waals surface area (Å²) in [5.74, 6) is 1.59. The van der Waals surface area contributed by atoms with Gasteiger partial charge in [-0.1, -0.05) is 19.1 Å². The van der Waals surface area contributed by atoms with Crippen molar-refractivity contribution < 1.29 is 14.3 Å². The molecule has 3 fully saturated rings. The van der Waals surface area contributed by atoms with E-state index < -0.39 is 5.60 Å². The predicted octanol–water partition coefficient (Wildman–Crippen LogP) is 5.54. The number of amides is 1. The highest BCUT2D eigenvalue weighted by Gasteiger charge is 2.45. The Kier molecular flexibility index (Phi) is 7.88. The Hall–Kier alpha value is -3.07. The van der Waals surface area contributed by atoms with Gasteiger partial charge in [-0.3, -0.25) is 4.90 Å². The molecule has 4 aliphatic heterocycles. The van der Waals surface area contributed by atoms with Crippen LogP contribution in [0.4, 0.5) is 16.3 Å². The molecule has 9 nitrogen and oxygen atoms in total. The van der Waals surface area contributed by atoms with Gasteiger partial charge in [0.2, 0.25) is 0 Å². The van der Waals surface area contributed by atoms with Crippen molar-refractivity contribution in [2.24, 2.45) is 0 Å². The molecule has 7 rings (SSSR count). The highest BCUT2D eigenvalue weighted by molar-refractivity contribution is 5.70. The lowest BCUT2D eigenvalue weighted by molar-refractivity contribution is 0.0122. The second-order valence-electron chi connectivity index (χ2n) is 14.8. The van der Waals surface area contributed by atoms with Crippen LogP contribution < -0.4 is 14.5 Å². The number of benzene rings is 1. The summed E-state index contributed by atoms with van der Waals surface area (Å²) in [4.78, 5) is 32.7. The lowest BCUT2D eigenvalue weighted by Gasteiger charge is -2.43. The van der Waals surface area contributed by atoms with Gasteiger partial charge in [0.25, 0.3) is 0 Å². The number of nitrogens with zero attached hydrogens (tertiary/aromatic N) is 6. The molecular formula is C35H50N6O3. The summed E-state index contributed by atoms with van der Waals surface area (Å²) in [6, 6.07) is 8.02. The van der Waals surface area contributed by atoms with Gasteiger partial charge in [-0.2, -0.15) is 9.97 Å². The van der Waals surface area contributed by atoms with Gasteiger partial charge >= 0.3 is 12.1 Å². The quantitative estimate of drug-likeness (QED) is 0.442. The number of likely N-dealkylation sites (tertiary alicyclic amines) is 1. The standard InChI is InChI=1S/C35H50N6O3/c1-23-9-6-10-24-11-7-13-30(31(23)24)39-18-16-28-29(21-39)36-33(43-22-27-12-8-17-38(27)5)37-32(28)40-19-25-14-15-26(20-40)41(25)34(42)44-35(2,3)4/h7,11,13,23,25-27H,6,8-10,12,14-22H2,1-5H3/t23?,25-,26+,27-/m0/s1. The van der Waals surface area contributed by atoms with Gasteiger partial charge in [0.1, 0.15) is 18.0 Å². The van der Waals surface area contributed by atoms with E-state index in [9.17, 15) is 4.79 Å². The molecule has 2 bridgehead atoms. The van der Waals surface area contributed by atoms with E-state index in [0.29, 0.717) is 24.6 Å². The number of likely N-dealkylation sites (N-methyl/N-ethyl adjacent to an activating group) is 1. The Morgan fingerprint density at radius 2 is 1.77 bits per heavy atom. The van der Waals surface area contributed by atoms with Crippen LogP contribution in [0.25, 0.3) is 0 Å². The van der Waals surface area contributed by atoms with Crippen molar-refractivity contribution in [2.75, 3.05) is 49.6 Å². The molecule has 4 atom stereocenters. The van der Waals surface area contributed by atoms with Gasteiger partial charge in [0, 0.05) is 36.9 Å². The maximum absolute atomic E-state index is 13.2. The van der Waals surface area contributed by atoms with Crippen molar-refractivity contribution >= 4 is 17.6 Å². The molecular weight excluding hydrogens is 552 g/mol. The van der Waals surface area contributed by atoms with E-state index in [4.69, 9.17) is 19.4 Å². The zero-order chi connectivity index (χ0) is 30.6. The van der Waals surface area contributed by atoms with Crippen molar-refractivity contribution in [3.05, 3.63) is 40.6 Å². The summed E-state index contributed by atoms with van der Waals surface area (Å²) >= 11 is 0. The summed E-state index contributed by atoms with van der Waals surface area (Å²) < 4.78 is 12.2. The monoisotopic (exact) mass is 602 g/mol. The second-order valence-corrected chi connectivity index (χ2v) is 14.8. The van der Waals surface area contributed by atoms with Gasteiger partial charge < -0.3 is 24.2 Å². The Morgan fingerprint density at radius 1 is 0.977 bits per heavy atom. The fourth-order valence-electron chi connectivity index (χ4n) is 8.37. The Bertz CT molecular complexity index is 1380. The van der Waals surface area contributed by atoms with Gasteiger partial charge in [-0.15, -0.1) is 0 Å². The maximum atomic E-state index is 13.2. The number of hydrogen-bond acceptors (Lipinski definition) is 8. The van der Waals surface area contributed by atoms with Crippen molar-refractivity contribution in [3.63, 3.8) is 0 Å². The van der Waals surface area contributed by atoms with Gasteiger partial charge in [-0.25, -0.2) is 4.79 Å². The number of carbonyl (C=O) groups excluding carboxylic acids is 1. The van der Waals surface area contributed by atoms with E-state index in [1.54, 1.807) is 0 Å². The summed E-state index contributed by atoms with van der Waals surface area (Å²) in [6.45, 7) is 13.2. The molecule has 1 unspecified atom stereocenters. The molecule has 0 radical (unpaired) electrons. The third kappa shape index (κ3) is 5.72. The van der Waals surface area contributed by atoms with Gasteiger partial charge in [-0.05, 0) is 109 Å². The fraction of sp³-hybridized carbons (Fsp3) is 0.686. The number of rotatable bonds is 5. The highest BCUT2D eigenvalue weighted by atomic mass is 16.6.